The highest BCUT2D eigenvalue weighted by Gasteiger charge is 2.05. The summed E-state index contributed by atoms with van der Waals surface area (Å²) in [7, 11) is 1.62. The average molecular weight is 280 g/mol. The van der Waals surface area contributed by atoms with Crippen molar-refractivity contribution in [2.75, 3.05) is 40.0 Å². The molecule has 2 N–H and O–H groups in total. The van der Waals surface area contributed by atoms with E-state index in [0.29, 0.717) is 31.1 Å². The number of amides is 1. The predicted octanol–water partition coefficient (Wildman–Crippen LogP) is 1.44. The summed E-state index contributed by atoms with van der Waals surface area (Å²) < 4.78 is 10.4. The standard InChI is InChI=1S/C15H24N2O3/c1-3-7-16-8-9-17-15(18)13-5-4-6-14(12-13)20-11-10-19-2/h4-6,12,16H,3,7-11H2,1-2H3,(H,17,18). The van der Waals surface area contributed by atoms with Gasteiger partial charge in [0, 0.05) is 25.8 Å². The van der Waals surface area contributed by atoms with Crippen LogP contribution in [0.1, 0.15) is 23.7 Å². The van der Waals surface area contributed by atoms with Crippen LogP contribution in [0.5, 0.6) is 5.75 Å². The van der Waals surface area contributed by atoms with Crippen LogP contribution in [0.4, 0.5) is 0 Å². The molecule has 0 saturated heterocycles. The summed E-state index contributed by atoms with van der Waals surface area (Å²) >= 11 is 0. The second-order valence-electron chi connectivity index (χ2n) is 4.37. The molecule has 0 heterocycles. The Kier molecular flexibility index (Phi) is 8.42. The maximum atomic E-state index is 11.9. The number of ether oxygens (including phenoxy) is 2. The van der Waals surface area contributed by atoms with Crippen LogP contribution in [0, 0.1) is 0 Å². The van der Waals surface area contributed by atoms with Gasteiger partial charge < -0.3 is 20.1 Å². The highest BCUT2D eigenvalue weighted by atomic mass is 16.5. The van der Waals surface area contributed by atoms with E-state index < -0.39 is 0 Å². The zero-order valence-electron chi connectivity index (χ0n) is 12.3. The number of nitrogens with one attached hydrogen (secondary N) is 2. The molecule has 112 valence electrons. The number of methoxy groups -OCH3 is 1. The Bertz CT molecular complexity index is 396. The van der Waals surface area contributed by atoms with E-state index in [1.165, 1.54) is 0 Å². The molecule has 0 atom stereocenters. The largest absolute Gasteiger partial charge is 0.491 e. The van der Waals surface area contributed by atoms with E-state index in [1.54, 1.807) is 19.2 Å². The van der Waals surface area contributed by atoms with E-state index in [9.17, 15) is 4.79 Å². The highest BCUT2D eigenvalue weighted by molar-refractivity contribution is 5.94. The van der Waals surface area contributed by atoms with Crippen LogP contribution >= 0.6 is 0 Å². The zero-order valence-corrected chi connectivity index (χ0v) is 12.3. The molecular weight excluding hydrogens is 256 g/mol. The van der Waals surface area contributed by atoms with Crippen molar-refractivity contribution >= 4 is 5.91 Å². The van der Waals surface area contributed by atoms with Gasteiger partial charge in [0.05, 0.1) is 6.61 Å². The van der Waals surface area contributed by atoms with Gasteiger partial charge in [0.15, 0.2) is 0 Å². The smallest absolute Gasteiger partial charge is 0.251 e. The molecule has 5 nitrogen and oxygen atoms in total. The molecule has 0 unspecified atom stereocenters. The first-order chi connectivity index (χ1) is 9.77. The average Bonchev–Trinajstić information content (AvgIpc) is 2.47. The molecule has 0 aliphatic rings. The van der Waals surface area contributed by atoms with Gasteiger partial charge in [-0.2, -0.15) is 0 Å². The van der Waals surface area contributed by atoms with Crippen LogP contribution in [-0.2, 0) is 4.74 Å². The third kappa shape index (κ3) is 6.54. The van der Waals surface area contributed by atoms with Crippen LogP contribution < -0.4 is 15.4 Å². The third-order valence-corrected chi connectivity index (χ3v) is 2.67. The molecule has 0 spiro atoms. The summed E-state index contributed by atoms with van der Waals surface area (Å²) in [4.78, 5) is 11.9. The van der Waals surface area contributed by atoms with Crippen molar-refractivity contribution in [2.24, 2.45) is 0 Å². The van der Waals surface area contributed by atoms with E-state index in [2.05, 4.69) is 17.6 Å². The summed E-state index contributed by atoms with van der Waals surface area (Å²) in [6.45, 7) is 5.48. The lowest BCUT2D eigenvalue weighted by molar-refractivity contribution is 0.0953. The van der Waals surface area contributed by atoms with Gasteiger partial charge in [0.1, 0.15) is 12.4 Å². The fraction of sp³-hybridized carbons (Fsp3) is 0.533. The fourth-order valence-corrected chi connectivity index (χ4v) is 1.64. The molecule has 0 saturated carbocycles. The molecule has 5 heteroatoms. The lowest BCUT2D eigenvalue weighted by Crippen LogP contribution is -2.32. The lowest BCUT2D eigenvalue weighted by Gasteiger charge is -2.09. The number of carbonyl (C=O) groups excluding carboxylic acids is 1. The summed E-state index contributed by atoms with van der Waals surface area (Å²) in [5.74, 6) is 0.597. The maximum Gasteiger partial charge on any atom is 0.251 e. The Balaban J connectivity index is 2.37. The Morgan fingerprint density at radius 3 is 2.80 bits per heavy atom. The first-order valence-electron chi connectivity index (χ1n) is 6.98. The quantitative estimate of drug-likeness (QED) is 0.637. The Hall–Kier alpha value is -1.59. The van der Waals surface area contributed by atoms with Crippen molar-refractivity contribution < 1.29 is 14.3 Å². The first-order valence-corrected chi connectivity index (χ1v) is 6.98. The van der Waals surface area contributed by atoms with Crippen LogP contribution in [0.15, 0.2) is 24.3 Å². The van der Waals surface area contributed by atoms with Gasteiger partial charge in [-0.1, -0.05) is 13.0 Å². The maximum absolute atomic E-state index is 11.9. The van der Waals surface area contributed by atoms with E-state index >= 15 is 0 Å². The molecular formula is C15H24N2O3. The first kappa shape index (κ1) is 16.5. The van der Waals surface area contributed by atoms with Crippen molar-refractivity contribution in [2.45, 2.75) is 13.3 Å². The van der Waals surface area contributed by atoms with Crippen molar-refractivity contribution in [1.82, 2.24) is 10.6 Å². The normalized spacial score (nSPS) is 10.3. The number of hydrogen-bond acceptors (Lipinski definition) is 4. The van der Waals surface area contributed by atoms with Crippen molar-refractivity contribution in [3.63, 3.8) is 0 Å². The second-order valence-corrected chi connectivity index (χ2v) is 4.37. The topological polar surface area (TPSA) is 59.6 Å². The van der Waals surface area contributed by atoms with Crippen molar-refractivity contribution in [3.8, 4) is 5.75 Å². The minimum Gasteiger partial charge on any atom is -0.491 e. The lowest BCUT2D eigenvalue weighted by atomic mass is 10.2. The summed E-state index contributed by atoms with van der Waals surface area (Å²) in [6, 6.07) is 7.16. The van der Waals surface area contributed by atoms with E-state index in [4.69, 9.17) is 9.47 Å². The molecule has 0 radical (unpaired) electrons. The monoisotopic (exact) mass is 280 g/mol. The summed E-state index contributed by atoms with van der Waals surface area (Å²) in [6.07, 6.45) is 1.09. The summed E-state index contributed by atoms with van der Waals surface area (Å²) in [5, 5.41) is 6.10. The second kappa shape index (κ2) is 10.2. The van der Waals surface area contributed by atoms with Gasteiger partial charge >= 0.3 is 0 Å². The molecule has 0 bridgehead atoms. The Morgan fingerprint density at radius 1 is 1.20 bits per heavy atom. The van der Waals surface area contributed by atoms with E-state index in [0.717, 1.165) is 19.5 Å². The van der Waals surface area contributed by atoms with Crippen LogP contribution in [0.2, 0.25) is 0 Å². The Labute approximate surface area is 120 Å². The molecule has 0 fully saturated rings. The fourth-order valence-electron chi connectivity index (χ4n) is 1.64. The molecule has 0 aliphatic carbocycles. The molecule has 20 heavy (non-hydrogen) atoms. The van der Waals surface area contributed by atoms with E-state index in [-0.39, 0.29) is 5.91 Å². The number of carbonyl (C=O) groups is 1. The van der Waals surface area contributed by atoms with Gasteiger partial charge in [-0.15, -0.1) is 0 Å². The number of hydrogen-bond donors (Lipinski definition) is 2. The van der Waals surface area contributed by atoms with Crippen LogP contribution in [0.25, 0.3) is 0 Å². The van der Waals surface area contributed by atoms with Gasteiger partial charge in [-0.05, 0) is 31.2 Å². The van der Waals surface area contributed by atoms with Gasteiger partial charge in [-0.3, -0.25) is 4.79 Å². The molecule has 1 aromatic carbocycles. The third-order valence-electron chi connectivity index (χ3n) is 2.67. The van der Waals surface area contributed by atoms with E-state index in [1.807, 2.05) is 12.1 Å². The SMILES string of the molecule is CCCNCCNC(=O)c1cccc(OCCOC)c1. The Morgan fingerprint density at radius 2 is 2.05 bits per heavy atom. The van der Waals surface area contributed by atoms with Gasteiger partial charge in [0.2, 0.25) is 0 Å². The minimum absolute atomic E-state index is 0.0829. The van der Waals surface area contributed by atoms with Gasteiger partial charge in [0.25, 0.3) is 5.91 Å². The van der Waals surface area contributed by atoms with Crippen molar-refractivity contribution in [1.29, 1.82) is 0 Å². The highest BCUT2D eigenvalue weighted by Crippen LogP contribution is 2.13. The van der Waals surface area contributed by atoms with Crippen LogP contribution in [-0.4, -0.2) is 45.9 Å². The molecule has 1 rings (SSSR count). The number of benzene rings is 1. The molecule has 0 aromatic heterocycles. The predicted molar refractivity (Wildman–Crippen MR) is 79.3 cm³/mol. The van der Waals surface area contributed by atoms with Gasteiger partial charge in [-0.25, -0.2) is 0 Å². The number of rotatable bonds is 10. The molecule has 1 amide bonds. The van der Waals surface area contributed by atoms with Crippen LogP contribution in [0.3, 0.4) is 0 Å². The molecule has 1 aromatic rings. The summed E-state index contributed by atoms with van der Waals surface area (Å²) in [5.41, 5.74) is 0.607. The minimum atomic E-state index is -0.0829. The molecule has 0 aliphatic heterocycles. The van der Waals surface area contributed by atoms with Crippen molar-refractivity contribution in [3.05, 3.63) is 29.8 Å². The zero-order chi connectivity index (χ0) is 14.6.